The number of carboxylic acids is 1. The molecule has 0 spiro atoms. The minimum atomic E-state index is -4.58. The number of aliphatic hydroxyl groups is 1. The van der Waals surface area contributed by atoms with Crippen LogP contribution < -0.4 is 5.32 Å². The second kappa shape index (κ2) is 9.16. The summed E-state index contributed by atoms with van der Waals surface area (Å²) in [5, 5.41) is 31.8. The molecule has 1 aliphatic rings. The third kappa shape index (κ3) is 5.64. The number of carboxylic acid groups (broad SMARTS) is 1. The molecule has 1 aromatic carbocycles. The number of alkyl halides is 3. The van der Waals surface area contributed by atoms with Crippen molar-refractivity contribution in [2.75, 3.05) is 5.32 Å². The van der Waals surface area contributed by atoms with E-state index in [1.54, 1.807) is 18.3 Å². The third-order valence-electron chi connectivity index (χ3n) is 6.49. The van der Waals surface area contributed by atoms with Crippen molar-refractivity contribution in [3.05, 3.63) is 47.9 Å². The van der Waals surface area contributed by atoms with Crippen LogP contribution in [0.25, 0.3) is 11.3 Å². The van der Waals surface area contributed by atoms with E-state index in [0.717, 1.165) is 17.8 Å². The average molecular weight is 505 g/mol. The summed E-state index contributed by atoms with van der Waals surface area (Å²) < 4.78 is 40.4. The molecule has 4 rings (SSSR count). The summed E-state index contributed by atoms with van der Waals surface area (Å²) in [5.74, 6) is -1.57. The van der Waals surface area contributed by atoms with E-state index in [1.807, 2.05) is 26.8 Å². The van der Waals surface area contributed by atoms with Crippen LogP contribution in [0.4, 0.5) is 24.8 Å². The van der Waals surface area contributed by atoms with Crippen molar-refractivity contribution < 1.29 is 28.2 Å². The Balaban J connectivity index is 1.52. The van der Waals surface area contributed by atoms with Crippen molar-refractivity contribution in [1.82, 2.24) is 25.0 Å². The quantitative estimate of drug-likeness (QED) is 0.450. The predicted molar refractivity (Wildman–Crippen MR) is 124 cm³/mol. The normalized spacial score (nSPS) is 21.8. The number of nitrogens with one attached hydrogen (secondary N) is 1. The van der Waals surface area contributed by atoms with Crippen molar-refractivity contribution in [3.63, 3.8) is 0 Å². The summed E-state index contributed by atoms with van der Waals surface area (Å²) in [5.41, 5.74) is -0.276. The second-order valence-corrected chi connectivity index (χ2v) is 10.1. The SMILES string of the molecule is Cc1cc(Nc2nccc(C(F)(F)F)n2)cc(-c2cn(C[C@@]3(O)CC[C@H](C(=O)O)C(C)(C)C3)nn2)c1. The lowest BCUT2D eigenvalue weighted by atomic mass is 9.63. The standard InChI is InChI=1S/C24H27F3N6O3/c1-14-8-15(10-16(9-14)29-21-28-7-5-19(30-21)24(25,26)27)18-11-33(32-31-18)13-23(36)6-4-17(20(34)35)22(2,3)12-23/h5,7-11,17,36H,4,6,12-13H2,1-3H3,(H,34,35)(H,28,29,30)/t17-,23-/m1/s1. The van der Waals surface area contributed by atoms with E-state index in [2.05, 4.69) is 25.6 Å². The number of carbonyl (C=O) groups is 1. The third-order valence-corrected chi connectivity index (χ3v) is 6.49. The van der Waals surface area contributed by atoms with Gasteiger partial charge in [0.15, 0.2) is 0 Å². The van der Waals surface area contributed by atoms with E-state index in [-0.39, 0.29) is 12.5 Å². The first-order valence-corrected chi connectivity index (χ1v) is 11.4. The van der Waals surface area contributed by atoms with Crippen LogP contribution in [0.3, 0.4) is 0 Å². The topological polar surface area (TPSA) is 126 Å². The van der Waals surface area contributed by atoms with Crippen molar-refractivity contribution in [3.8, 4) is 11.3 Å². The van der Waals surface area contributed by atoms with E-state index in [0.29, 0.717) is 36.2 Å². The van der Waals surface area contributed by atoms with Gasteiger partial charge in [0.1, 0.15) is 11.4 Å². The molecule has 0 radical (unpaired) electrons. The Hall–Kier alpha value is -3.54. The minimum absolute atomic E-state index is 0.158. The van der Waals surface area contributed by atoms with E-state index in [4.69, 9.17) is 0 Å². The number of aryl methyl sites for hydroxylation is 1. The molecule has 0 aliphatic heterocycles. The van der Waals surface area contributed by atoms with Gasteiger partial charge < -0.3 is 15.5 Å². The highest BCUT2D eigenvalue weighted by atomic mass is 19.4. The lowest BCUT2D eigenvalue weighted by molar-refractivity contribution is -0.154. The maximum absolute atomic E-state index is 13.0. The molecule has 3 N–H and O–H groups in total. The Morgan fingerprint density at radius 1 is 1.28 bits per heavy atom. The monoisotopic (exact) mass is 504 g/mol. The highest BCUT2D eigenvalue weighted by Crippen LogP contribution is 2.46. The van der Waals surface area contributed by atoms with Gasteiger partial charge in [0.2, 0.25) is 5.95 Å². The van der Waals surface area contributed by atoms with E-state index in [1.165, 1.54) is 4.68 Å². The molecule has 192 valence electrons. The average Bonchev–Trinajstić information content (AvgIpc) is 3.19. The lowest BCUT2D eigenvalue weighted by Gasteiger charge is -2.45. The molecule has 2 aromatic heterocycles. The second-order valence-electron chi connectivity index (χ2n) is 10.1. The number of hydrogen-bond acceptors (Lipinski definition) is 7. The smallest absolute Gasteiger partial charge is 0.433 e. The van der Waals surface area contributed by atoms with Gasteiger partial charge in [-0.25, -0.2) is 14.6 Å². The number of hydrogen-bond donors (Lipinski definition) is 3. The number of aliphatic carboxylic acids is 1. The van der Waals surface area contributed by atoms with Crippen LogP contribution in [0.2, 0.25) is 0 Å². The van der Waals surface area contributed by atoms with Crippen LogP contribution in [0, 0.1) is 18.3 Å². The van der Waals surface area contributed by atoms with Gasteiger partial charge in [-0.1, -0.05) is 19.1 Å². The van der Waals surface area contributed by atoms with Gasteiger partial charge >= 0.3 is 12.1 Å². The minimum Gasteiger partial charge on any atom is -0.481 e. The number of aromatic nitrogens is 5. The van der Waals surface area contributed by atoms with Crippen molar-refractivity contribution in [2.45, 2.75) is 58.4 Å². The number of halogens is 3. The number of benzene rings is 1. The maximum Gasteiger partial charge on any atom is 0.433 e. The van der Waals surface area contributed by atoms with Crippen LogP contribution in [-0.4, -0.2) is 46.7 Å². The Bertz CT molecular complexity index is 1280. The lowest BCUT2D eigenvalue weighted by Crippen LogP contribution is -2.48. The zero-order valence-corrected chi connectivity index (χ0v) is 20.0. The Labute approximate surface area is 205 Å². The van der Waals surface area contributed by atoms with Gasteiger partial charge in [-0.05, 0) is 61.4 Å². The van der Waals surface area contributed by atoms with Crippen LogP contribution in [0.1, 0.15) is 44.4 Å². The van der Waals surface area contributed by atoms with Gasteiger partial charge in [0, 0.05) is 17.4 Å². The summed E-state index contributed by atoms with van der Waals surface area (Å²) in [4.78, 5) is 19.0. The molecule has 9 nitrogen and oxygen atoms in total. The highest BCUT2D eigenvalue weighted by molar-refractivity contribution is 5.71. The molecule has 12 heteroatoms. The molecule has 2 atom stereocenters. The van der Waals surface area contributed by atoms with Crippen molar-refractivity contribution in [1.29, 1.82) is 0 Å². The summed E-state index contributed by atoms with van der Waals surface area (Å²) in [6.07, 6.45) is -0.865. The molecule has 0 unspecified atom stereocenters. The van der Waals surface area contributed by atoms with Gasteiger partial charge in [-0.2, -0.15) is 13.2 Å². The number of nitrogens with zero attached hydrogens (tertiary/aromatic N) is 5. The molecular weight excluding hydrogens is 477 g/mol. The van der Waals surface area contributed by atoms with Crippen LogP contribution >= 0.6 is 0 Å². The summed E-state index contributed by atoms with van der Waals surface area (Å²) in [6.45, 7) is 5.68. The van der Waals surface area contributed by atoms with Gasteiger partial charge in [-0.15, -0.1) is 5.10 Å². The van der Waals surface area contributed by atoms with E-state index < -0.39 is 34.8 Å². The Morgan fingerprint density at radius 2 is 2.03 bits per heavy atom. The molecule has 2 heterocycles. The number of rotatable bonds is 6. The first-order valence-electron chi connectivity index (χ1n) is 11.4. The molecule has 1 fully saturated rings. The molecule has 1 aliphatic carbocycles. The van der Waals surface area contributed by atoms with E-state index in [9.17, 15) is 28.2 Å². The predicted octanol–water partition coefficient (Wildman–Crippen LogP) is 4.45. The fourth-order valence-corrected chi connectivity index (χ4v) is 4.97. The molecule has 0 saturated heterocycles. The highest BCUT2D eigenvalue weighted by Gasteiger charge is 2.47. The molecule has 0 bridgehead atoms. The largest absolute Gasteiger partial charge is 0.481 e. The zero-order valence-electron chi connectivity index (χ0n) is 20.0. The molecule has 36 heavy (non-hydrogen) atoms. The maximum atomic E-state index is 13.0. The first-order chi connectivity index (χ1) is 16.7. The van der Waals surface area contributed by atoms with Crippen molar-refractivity contribution >= 4 is 17.6 Å². The molecular formula is C24H27F3N6O3. The summed E-state index contributed by atoms with van der Waals surface area (Å²) >= 11 is 0. The van der Waals surface area contributed by atoms with Gasteiger partial charge in [-0.3, -0.25) is 4.79 Å². The van der Waals surface area contributed by atoms with Crippen LogP contribution in [-0.2, 0) is 17.5 Å². The fraction of sp³-hybridized carbons (Fsp3) is 0.458. The summed E-state index contributed by atoms with van der Waals surface area (Å²) in [7, 11) is 0. The van der Waals surface area contributed by atoms with E-state index >= 15 is 0 Å². The Morgan fingerprint density at radius 3 is 2.69 bits per heavy atom. The summed E-state index contributed by atoms with van der Waals surface area (Å²) in [6, 6.07) is 6.08. The van der Waals surface area contributed by atoms with Crippen molar-refractivity contribution in [2.24, 2.45) is 11.3 Å². The molecule has 1 saturated carbocycles. The van der Waals surface area contributed by atoms with Gasteiger partial charge in [0.25, 0.3) is 0 Å². The number of anilines is 2. The van der Waals surface area contributed by atoms with Crippen LogP contribution in [0.5, 0.6) is 0 Å². The fourth-order valence-electron chi connectivity index (χ4n) is 4.97. The molecule has 0 amide bonds. The first kappa shape index (κ1) is 25.5. The van der Waals surface area contributed by atoms with Gasteiger partial charge in [0.05, 0.1) is 24.3 Å². The van der Waals surface area contributed by atoms with Crippen LogP contribution in [0.15, 0.2) is 36.7 Å². The Kier molecular flexibility index (Phi) is 6.50. The molecule has 3 aromatic rings. The zero-order chi connectivity index (χ0) is 26.3.